The Labute approximate surface area is 125 Å². The van der Waals surface area contributed by atoms with Gasteiger partial charge in [0.1, 0.15) is 0 Å². The largest absolute Gasteiger partial charge is 0.492 e. The van der Waals surface area contributed by atoms with Gasteiger partial charge in [0.25, 0.3) is 0 Å². The summed E-state index contributed by atoms with van der Waals surface area (Å²) >= 11 is 0. The van der Waals surface area contributed by atoms with Gasteiger partial charge in [0.15, 0.2) is 0 Å². The van der Waals surface area contributed by atoms with E-state index in [1.54, 1.807) is 0 Å². The monoisotopic (exact) mass is 303 g/mol. The van der Waals surface area contributed by atoms with Crippen LogP contribution in [-0.2, 0) is 0 Å². The highest BCUT2D eigenvalue weighted by molar-refractivity contribution is 6.56. The summed E-state index contributed by atoms with van der Waals surface area (Å²) in [4.78, 5) is 26.5. The molecule has 0 aliphatic heterocycles. The summed E-state index contributed by atoms with van der Waals surface area (Å²) < 4.78 is 0. The second kappa shape index (κ2) is 13.8. The second-order valence-corrected chi connectivity index (χ2v) is 7.60. The predicted octanol–water partition coefficient (Wildman–Crippen LogP) is 2.58. The first-order chi connectivity index (χ1) is 9.56. The fourth-order valence-electron chi connectivity index (χ4n) is 2.23. The zero-order chi connectivity index (χ0) is 15.1. The molecule has 20 heavy (non-hydrogen) atoms. The molecule has 4 nitrogen and oxygen atoms in total. The smallest absolute Gasteiger partial charge is 0.390 e. The molecule has 0 radical (unpaired) electrons. The highest BCUT2D eigenvalue weighted by atomic mass is 28.4. The molecule has 0 aliphatic rings. The lowest BCUT2D eigenvalue weighted by Crippen LogP contribution is -2.33. The Morgan fingerprint density at radius 1 is 0.750 bits per heavy atom. The molecule has 0 heterocycles. The van der Waals surface area contributed by atoms with Crippen LogP contribution in [0.25, 0.3) is 0 Å². The molecule has 5 heteroatoms. The second-order valence-electron chi connectivity index (χ2n) is 5.55. The molecule has 0 bridgehead atoms. The number of nitrogens with one attached hydrogen (secondary N) is 1. The zero-order valence-electron chi connectivity index (χ0n) is 12.8. The minimum atomic E-state index is -3.77. The number of rotatable bonds is 15. The standard InChI is InChI=1S/C15H33NO3Si/c1-2-13-16-14-11-9-7-5-3-4-6-8-10-12-15-20(17,18)19/h2,16-19H,1,3-15H2. The van der Waals surface area contributed by atoms with Crippen LogP contribution in [0, 0.1) is 0 Å². The van der Waals surface area contributed by atoms with Crippen LogP contribution in [0.1, 0.15) is 64.2 Å². The minimum absolute atomic E-state index is 0.187. The lowest BCUT2D eigenvalue weighted by atomic mass is 10.1. The van der Waals surface area contributed by atoms with Crippen LogP contribution in [0.3, 0.4) is 0 Å². The van der Waals surface area contributed by atoms with E-state index >= 15 is 0 Å². The summed E-state index contributed by atoms with van der Waals surface area (Å²) in [5.74, 6) is 0. The highest BCUT2D eigenvalue weighted by Gasteiger charge is 2.25. The van der Waals surface area contributed by atoms with Crippen LogP contribution >= 0.6 is 0 Å². The van der Waals surface area contributed by atoms with Gasteiger partial charge in [-0.25, -0.2) is 0 Å². The highest BCUT2D eigenvalue weighted by Crippen LogP contribution is 2.12. The van der Waals surface area contributed by atoms with E-state index in [0.717, 1.165) is 32.4 Å². The molecule has 0 fully saturated rings. The first-order valence-corrected chi connectivity index (χ1v) is 10.1. The van der Waals surface area contributed by atoms with Crippen molar-refractivity contribution in [2.24, 2.45) is 0 Å². The summed E-state index contributed by atoms with van der Waals surface area (Å²) in [5, 5.41) is 3.31. The Morgan fingerprint density at radius 3 is 1.65 bits per heavy atom. The molecule has 0 aromatic rings. The predicted molar refractivity (Wildman–Crippen MR) is 86.5 cm³/mol. The Balaban J connectivity index is 3.01. The van der Waals surface area contributed by atoms with Gasteiger partial charge in [-0.1, -0.05) is 57.4 Å². The van der Waals surface area contributed by atoms with Crippen LogP contribution in [0.15, 0.2) is 12.7 Å². The molecule has 0 atom stereocenters. The summed E-state index contributed by atoms with van der Waals surface area (Å²) in [6, 6.07) is 0.187. The summed E-state index contributed by atoms with van der Waals surface area (Å²) in [7, 11) is -3.77. The van der Waals surface area contributed by atoms with Gasteiger partial charge in [0.05, 0.1) is 0 Å². The molecule has 0 unspecified atom stereocenters. The maximum absolute atomic E-state index is 8.85. The number of hydrogen-bond acceptors (Lipinski definition) is 4. The summed E-state index contributed by atoms with van der Waals surface area (Å²) in [6.07, 6.45) is 13.7. The van der Waals surface area contributed by atoms with Crippen molar-refractivity contribution in [2.75, 3.05) is 13.1 Å². The van der Waals surface area contributed by atoms with Crippen molar-refractivity contribution in [3.63, 3.8) is 0 Å². The average molecular weight is 304 g/mol. The fraction of sp³-hybridized carbons (Fsp3) is 0.867. The molecule has 4 N–H and O–H groups in total. The van der Waals surface area contributed by atoms with E-state index < -0.39 is 8.80 Å². The Hall–Kier alpha value is -0.203. The van der Waals surface area contributed by atoms with E-state index in [-0.39, 0.29) is 6.04 Å². The molecule has 0 aliphatic carbocycles. The number of hydrogen-bond donors (Lipinski definition) is 4. The Kier molecular flexibility index (Phi) is 13.6. The van der Waals surface area contributed by atoms with Crippen LogP contribution < -0.4 is 5.32 Å². The quantitative estimate of drug-likeness (QED) is 0.213. The molecular weight excluding hydrogens is 270 g/mol. The van der Waals surface area contributed by atoms with Gasteiger partial charge in [-0.15, -0.1) is 6.58 Å². The maximum atomic E-state index is 8.85. The molecule has 0 aromatic heterocycles. The van der Waals surface area contributed by atoms with E-state index in [2.05, 4.69) is 11.9 Å². The fourth-order valence-corrected chi connectivity index (χ4v) is 2.95. The van der Waals surface area contributed by atoms with E-state index in [0.29, 0.717) is 0 Å². The van der Waals surface area contributed by atoms with E-state index in [1.165, 1.54) is 44.9 Å². The molecule has 120 valence electrons. The van der Waals surface area contributed by atoms with Gasteiger partial charge in [0, 0.05) is 12.6 Å². The van der Waals surface area contributed by atoms with E-state index in [9.17, 15) is 0 Å². The molecule has 0 rings (SSSR count). The molecule has 0 aromatic carbocycles. The van der Waals surface area contributed by atoms with Crippen molar-refractivity contribution < 1.29 is 14.4 Å². The molecule has 0 saturated carbocycles. The van der Waals surface area contributed by atoms with Crippen LogP contribution in [-0.4, -0.2) is 36.3 Å². The molecule has 0 spiro atoms. The van der Waals surface area contributed by atoms with Crippen LogP contribution in [0.4, 0.5) is 0 Å². The van der Waals surface area contributed by atoms with E-state index in [1.807, 2.05) is 6.08 Å². The SMILES string of the molecule is C=CCNCCCCCCCCCCCC[Si](O)(O)O. The zero-order valence-corrected chi connectivity index (χ0v) is 13.8. The van der Waals surface area contributed by atoms with Gasteiger partial charge in [0.2, 0.25) is 0 Å². The van der Waals surface area contributed by atoms with Gasteiger partial charge < -0.3 is 19.7 Å². The van der Waals surface area contributed by atoms with Crippen LogP contribution in [0.2, 0.25) is 6.04 Å². The average Bonchev–Trinajstić information content (AvgIpc) is 2.38. The topological polar surface area (TPSA) is 72.7 Å². The summed E-state index contributed by atoms with van der Waals surface area (Å²) in [5.41, 5.74) is 0. The first kappa shape index (κ1) is 19.8. The third-order valence-electron chi connectivity index (χ3n) is 3.40. The van der Waals surface area contributed by atoms with Gasteiger partial charge in [-0.05, 0) is 19.4 Å². The van der Waals surface area contributed by atoms with Crippen molar-refractivity contribution >= 4 is 8.80 Å². The van der Waals surface area contributed by atoms with Gasteiger partial charge >= 0.3 is 8.80 Å². The Morgan fingerprint density at radius 2 is 1.20 bits per heavy atom. The van der Waals surface area contributed by atoms with Crippen molar-refractivity contribution in [1.29, 1.82) is 0 Å². The normalized spacial score (nSPS) is 11.8. The van der Waals surface area contributed by atoms with Gasteiger partial charge in [-0.3, -0.25) is 0 Å². The van der Waals surface area contributed by atoms with E-state index in [4.69, 9.17) is 14.4 Å². The first-order valence-electron chi connectivity index (χ1n) is 8.05. The minimum Gasteiger partial charge on any atom is -0.390 e. The maximum Gasteiger partial charge on any atom is 0.492 e. The van der Waals surface area contributed by atoms with Crippen LogP contribution in [0.5, 0.6) is 0 Å². The molecule has 0 saturated heterocycles. The van der Waals surface area contributed by atoms with Crippen molar-refractivity contribution in [2.45, 2.75) is 70.3 Å². The summed E-state index contributed by atoms with van der Waals surface area (Å²) in [6.45, 7) is 5.67. The van der Waals surface area contributed by atoms with Crippen molar-refractivity contribution in [3.8, 4) is 0 Å². The van der Waals surface area contributed by atoms with Crippen molar-refractivity contribution in [3.05, 3.63) is 12.7 Å². The molecule has 0 amide bonds. The lowest BCUT2D eigenvalue weighted by molar-refractivity contribution is 0.226. The van der Waals surface area contributed by atoms with Crippen molar-refractivity contribution in [1.82, 2.24) is 5.32 Å². The lowest BCUT2D eigenvalue weighted by Gasteiger charge is -2.08. The Bertz CT molecular complexity index is 220. The van der Waals surface area contributed by atoms with Gasteiger partial charge in [-0.2, -0.15) is 0 Å². The third-order valence-corrected chi connectivity index (χ3v) is 4.43. The molecular formula is C15H33NO3Si. The third kappa shape index (κ3) is 17.8. The number of unbranched alkanes of at least 4 members (excludes halogenated alkanes) is 9.